The van der Waals surface area contributed by atoms with Gasteiger partial charge in [-0.25, -0.2) is 0 Å². The molecule has 3 rings (SSSR count). The molecular formula is C20H21NO3. The van der Waals surface area contributed by atoms with Gasteiger partial charge in [-0.05, 0) is 32.6 Å². The Morgan fingerprint density at radius 3 is 2.38 bits per heavy atom. The van der Waals surface area contributed by atoms with Gasteiger partial charge in [0.1, 0.15) is 17.1 Å². The van der Waals surface area contributed by atoms with Gasteiger partial charge < -0.3 is 14.4 Å². The van der Waals surface area contributed by atoms with Crippen LogP contribution in [0.1, 0.15) is 18.1 Å². The predicted molar refractivity (Wildman–Crippen MR) is 96.4 cm³/mol. The van der Waals surface area contributed by atoms with Crippen molar-refractivity contribution in [2.24, 2.45) is 0 Å². The monoisotopic (exact) mass is 323 g/mol. The molecule has 0 aliphatic heterocycles. The number of rotatable bonds is 4. The van der Waals surface area contributed by atoms with E-state index in [1.54, 1.807) is 12.1 Å². The average Bonchev–Trinajstić information content (AvgIpc) is 2.57. The third-order valence-corrected chi connectivity index (χ3v) is 4.10. The van der Waals surface area contributed by atoms with Crippen LogP contribution in [0.15, 0.2) is 51.7 Å². The van der Waals surface area contributed by atoms with Crippen LogP contribution in [-0.2, 0) is 13.0 Å². The van der Waals surface area contributed by atoms with E-state index in [0.717, 1.165) is 5.56 Å². The van der Waals surface area contributed by atoms with Crippen LogP contribution in [0.2, 0.25) is 0 Å². The van der Waals surface area contributed by atoms with E-state index in [0.29, 0.717) is 40.8 Å². The van der Waals surface area contributed by atoms with E-state index < -0.39 is 0 Å². The minimum atomic E-state index is -0.0300. The lowest BCUT2D eigenvalue weighted by Gasteiger charge is -2.15. The van der Waals surface area contributed by atoms with Crippen LogP contribution in [0.5, 0.6) is 5.75 Å². The second-order valence-electron chi connectivity index (χ2n) is 6.14. The maximum atomic E-state index is 12.9. The number of hydrogen-bond acceptors (Lipinski definition) is 4. The molecule has 4 nitrogen and oxygen atoms in total. The predicted octanol–water partition coefficient (Wildman–Crippen LogP) is 3.79. The first-order valence-corrected chi connectivity index (χ1v) is 8.03. The maximum absolute atomic E-state index is 12.9. The SMILES string of the molecule is CCc1c(-c2ccccc2)oc2c(CN(C)C)c(O)ccc2c1=O. The number of nitrogens with zero attached hydrogens (tertiary/aromatic N) is 1. The Bertz CT molecular complexity index is 927. The number of fused-ring (bicyclic) bond motifs is 1. The molecule has 4 heteroatoms. The van der Waals surface area contributed by atoms with Crippen molar-refractivity contribution < 1.29 is 9.52 Å². The molecule has 0 aliphatic rings. The smallest absolute Gasteiger partial charge is 0.196 e. The summed E-state index contributed by atoms with van der Waals surface area (Å²) in [5.41, 5.74) is 2.60. The van der Waals surface area contributed by atoms with Gasteiger partial charge in [0.15, 0.2) is 5.43 Å². The third-order valence-electron chi connectivity index (χ3n) is 4.10. The van der Waals surface area contributed by atoms with Crippen LogP contribution < -0.4 is 5.43 Å². The summed E-state index contributed by atoms with van der Waals surface area (Å²) in [5, 5.41) is 10.8. The highest BCUT2D eigenvalue weighted by molar-refractivity contribution is 5.85. The second kappa shape index (κ2) is 6.49. The summed E-state index contributed by atoms with van der Waals surface area (Å²) < 4.78 is 6.18. The summed E-state index contributed by atoms with van der Waals surface area (Å²) >= 11 is 0. The van der Waals surface area contributed by atoms with E-state index in [9.17, 15) is 9.90 Å². The van der Waals surface area contributed by atoms with Crippen LogP contribution >= 0.6 is 0 Å². The fourth-order valence-electron chi connectivity index (χ4n) is 2.95. The summed E-state index contributed by atoms with van der Waals surface area (Å²) in [6, 6.07) is 12.8. The van der Waals surface area contributed by atoms with Gasteiger partial charge in [0.2, 0.25) is 0 Å². The summed E-state index contributed by atoms with van der Waals surface area (Å²) in [6.45, 7) is 2.44. The summed E-state index contributed by atoms with van der Waals surface area (Å²) in [7, 11) is 3.82. The lowest BCUT2D eigenvalue weighted by Crippen LogP contribution is -2.14. The molecule has 0 saturated heterocycles. The van der Waals surface area contributed by atoms with Crippen LogP contribution in [0.25, 0.3) is 22.3 Å². The Balaban J connectivity index is 2.39. The molecule has 0 radical (unpaired) electrons. The van der Waals surface area contributed by atoms with Crippen molar-refractivity contribution in [3.63, 3.8) is 0 Å². The molecular weight excluding hydrogens is 302 g/mol. The first-order valence-electron chi connectivity index (χ1n) is 8.03. The number of aromatic hydroxyl groups is 1. The van der Waals surface area contributed by atoms with Crippen LogP contribution in [0, 0.1) is 0 Å². The topological polar surface area (TPSA) is 53.7 Å². The van der Waals surface area contributed by atoms with E-state index in [2.05, 4.69) is 0 Å². The highest BCUT2D eigenvalue weighted by Gasteiger charge is 2.18. The number of benzene rings is 2. The van der Waals surface area contributed by atoms with E-state index in [-0.39, 0.29) is 11.2 Å². The lowest BCUT2D eigenvalue weighted by atomic mass is 10.0. The zero-order valence-corrected chi connectivity index (χ0v) is 14.2. The van der Waals surface area contributed by atoms with Gasteiger partial charge in [-0.2, -0.15) is 0 Å². The van der Waals surface area contributed by atoms with E-state index in [1.807, 2.05) is 56.3 Å². The number of phenols is 1. The van der Waals surface area contributed by atoms with E-state index >= 15 is 0 Å². The quantitative estimate of drug-likeness (QED) is 0.793. The molecule has 1 N–H and O–H groups in total. The van der Waals surface area contributed by atoms with Crippen molar-refractivity contribution in [3.05, 3.63) is 63.8 Å². The number of phenolic OH excluding ortho intramolecular Hbond substituents is 1. The Morgan fingerprint density at radius 1 is 1.04 bits per heavy atom. The largest absolute Gasteiger partial charge is 0.507 e. The van der Waals surface area contributed by atoms with E-state index in [1.165, 1.54) is 0 Å². The lowest BCUT2D eigenvalue weighted by molar-refractivity contribution is 0.384. The summed E-state index contributed by atoms with van der Waals surface area (Å²) in [4.78, 5) is 14.9. The first kappa shape index (κ1) is 16.3. The van der Waals surface area contributed by atoms with Crippen molar-refractivity contribution in [2.75, 3.05) is 14.1 Å². The van der Waals surface area contributed by atoms with Gasteiger partial charge in [0.25, 0.3) is 0 Å². The Hall–Kier alpha value is -2.59. The summed E-state index contributed by atoms with van der Waals surface area (Å²) in [6.07, 6.45) is 0.590. The normalized spacial score (nSPS) is 11.3. The van der Waals surface area contributed by atoms with Crippen molar-refractivity contribution in [1.82, 2.24) is 4.90 Å². The third kappa shape index (κ3) is 2.81. The Kier molecular flexibility index (Phi) is 4.40. The molecule has 0 spiro atoms. The molecule has 0 amide bonds. The second-order valence-corrected chi connectivity index (χ2v) is 6.14. The fraction of sp³-hybridized carbons (Fsp3) is 0.250. The van der Waals surface area contributed by atoms with Crippen LogP contribution in [0.3, 0.4) is 0 Å². The van der Waals surface area contributed by atoms with Crippen LogP contribution in [0.4, 0.5) is 0 Å². The zero-order valence-electron chi connectivity index (χ0n) is 14.2. The van der Waals surface area contributed by atoms with Crippen LogP contribution in [-0.4, -0.2) is 24.1 Å². The molecule has 24 heavy (non-hydrogen) atoms. The highest BCUT2D eigenvalue weighted by Crippen LogP contribution is 2.32. The Morgan fingerprint density at radius 2 is 1.75 bits per heavy atom. The molecule has 124 valence electrons. The molecule has 0 fully saturated rings. The van der Waals surface area contributed by atoms with Crippen molar-refractivity contribution in [1.29, 1.82) is 0 Å². The van der Waals surface area contributed by atoms with Gasteiger partial charge >= 0.3 is 0 Å². The van der Waals surface area contributed by atoms with Gasteiger partial charge in [0, 0.05) is 17.7 Å². The molecule has 3 aromatic rings. The molecule has 0 saturated carbocycles. The molecule has 0 bridgehead atoms. The molecule has 2 aromatic carbocycles. The highest BCUT2D eigenvalue weighted by atomic mass is 16.3. The average molecular weight is 323 g/mol. The standard InChI is InChI=1S/C20H21NO3/c1-4-14-18(23)15-10-11-17(22)16(12-21(2)3)20(15)24-19(14)13-8-6-5-7-9-13/h5-11,22H,4,12H2,1-3H3. The molecule has 0 atom stereocenters. The van der Waals surface area contributed by atoms with Crippen molar-refractivity contribution in [3.8, 4) is 17.1 Å². The van der Waals surface area contributed by atoms with Gasteiger partial charge in [-0.15, -0.1) is 0 Å². The van der Waals surface area contributed by atoms with Crippen molar-refractivity contribution in [2.45, 2.75) is 19.9 Å². The van der Waals surface area contributed by atoms with Crippen molar-refractivity contribution >= 4 is 11.0 Å². The molecule has 1 heterocycles. The van der Waals surface area contributed by atoms with E-state index in [4.69, 9.17) is 4.42 Å². The Labute approximate surface area is 141 Å². The minimum absolute atomic E-state index is 0.0300. The van der Waals surface area contributed by atoms with Gasteiger partial charge in [0.05, 0.1) is 10.9 Å². The maximum Gasteiger partial charge on any atom is 0.196 e. The van der Waals surface area contributed by atoms with Gasteiger partial charge in [-0.3, -0.25) is 4.79 Å². The zero-order chi connectivity index (χ0) is 17.3. The summed E-state index contributed by atoms with van der Waals surface area (Å²) in [5.74, 6) is 0.726. The molecule has 1 aromatic heterocycles. The number of hydrogen-bond donors (Lipinski definition) is 1. The van der Waals surface area contributed by atoms with Gasteiger partial charge in [-0.1, -0.05) is 37.3 Å². The molecule has 0 unspecified atom stereocenters. The molecule has 0 aliphatic carbocycles. The minimum Gasteiger partial charge on any atom is -0.507 e. The first-order chi connectivity index (χ1) is 11.5. The fourth-order valence-corrected chi connectivity index (χ4v) is 2.95.